The summed E-state index contributed by atoms with van der Waals surface area (Å²) in [7, 11) is 0. The number of rotatable bonds is 5. The molecule has 1 aliphatic heterocycles. The molecule has 1 N–H and O–H groups in total. The zero-order chi connectivity index (χ0) is 21.8. The lowest BCUT2D eigenvalue weighted by Gasteiger charge is -2.38. The van der Waals surface area contributed by atoms with E-state index in [2.05, 4.69) is 35.5 Å². The maximum absolute atomic E-state index is 13.4. The Morgan fingerprint density at radius 2 is 2.00 bits per heavy atom. The van der Waals surface area contributed by atoms with Crippen LogP contribution in [0.2, 0.25) is 0 Å². The third kappa shape index (κ3) is 3.88. The van der Waals surface area contributed by atoms with E-state index in [1.165, 1.54) is 39.4 Å². The number of aromatic nitrogens is 4. The van der Waals surface area contributed by atoms with E-state index < -0.39 is 12.5 Å². The van der Waals surface area contributed by atoms with E-state index >= 15 is 0 Å². The van der Waals surface area contributed by atoms with Crippen LogP contribution >= 0.6 is 11.5 Å². The van der Waals surface area contributed by atoms with E-state index in [9.17, 15) is 17.6 Å². The first-order valence-corrected chi connectivity index (χ1v) is 10.7. The summed E-state index contributed by atoms with van der Waals surface area (Å²) in [5.74, 6) is 0.765. The van der Waals surface area contributed by atoms with Gasteiger partial charge in [-0.1, -0.05) is 0 Å². The van der Waals surface area contributed by atoms with Gasteiger partial charge in [0, 0.05) is 25.3 Å². The predicted molar refractivity (Wildman–Crippen MR) is 107 cm³/mol. The minimum atomic E-state index is -5.11. The van der Waals surface area contributed by atoms with Crippen molar-refractivity contribution in [3.8, 4) is 5.75 Å². The summed E-state index contributed by atoms with van der Waals surface area (Å²) in [6, 6.07) is 4.94. The zero-order valence-electron chi connectivity index (χ0n) is 16.5. The zero-order valence-corrected chi connectivity index (χ0v) is 17.3. The van der Waals surface area contributed by atoms with Crippen molar-refractivity contribution in [1.82, 2.24) is 19.0 Å². The van der Waals surface area contributed by atoms with E-state index in [1.807, 2.05) is 6.92 Å². The SMILES string of the molecule is Cc1cc(N2CC3CCC(C2)C3Nc2nc3c(OC(F)C(F)(F)F)cccn3n2)sn1. The molecule has 3 aromatic rings. The van der Waals surface area contributed by atoms with Crippen LogP contribution < -0.4 is 15.0 Å². The number of anilines is 2. The molecule has 3 aromatic heterocycles. The number of hydrogen-bond acceptors (Lipinski definition) is 7. The normalized spacial score (nSPS) is 24.5. The van der Waals surface area contributed by atoms with Crippen molar-refractivity contribution in [3.63, 3.8) is 0 Å². The minimum Gasteiger partial charge on any atom is -0.448 e. The third-order valence-electron chi connectivity index (χ3n) is 5.87. The van der Waals surface area contributed by atoms with Gasteiger partial charge >= 0.3 is 12.5 Å². The van der Waals surface area contributed by atoms with Gasteiger partial charge in [-0.3, -0.25) is 0 Å². The smallest absolute Gasteiger partial charge is 0.448 e. The average molecular weight is 456 g/mol. The van der Waals surface area contributed by atoms with E-state index in [4.69, 9.17) is 0 Å². The van der Waals surface area contributed by atoms with Crippen LogP contribution in [0.3, 0.4) is 0 Å². The van der Waals surface area contributed by atoms with Crippen molar-refractivity contribution in [2.45, 2.75) is 38.3 Å². The Labute approximate surface area is 179 Å². The number of nitrogens with zero attached hydrogens (tertiary/aromatic N) is 5. The number of aryl methyl sites for hydroxylation is 1. The lowest BCUT2D eigenvalue weighted by atomic mass is 9.92. The lowest BCUT2D eigenvalue weighted by molar-refractivity contribution is -0.236. The fourth-order valence-corrected chi connectivity index (χ4v) is 5.28. The van der Waals surface area contributed by atoms with Crippen molar-refractivity contribution >= 4 is 28.1 Å². The van der Waals surface area contributed by atoms with Crippen molar-refractivity contribution < 1.29 is 22.3 Å². The van der Waals surface area contributed by atoms with Gasteiger partial charge in [-0.2, -0.15) is 26.9 Å². The first-order chi connectivity index (χ1) is 14.8. The molecule has 0 amide bonds. The molecule has 0 aromatic carbocycles. The van der Waals surface area contributed by atoms with E-state index in [0.29, 0.717) is 17.8 Å². The predicted octanol–water partition coefficient (Wildman–Crippen LogP) is 4.06. The van der Waals surface area contributed by atoms with Crippen LogP contribution in [0, 0.1) is 18.8 Å². The van der Waals surface area contributed by atoms with Crippen LogP contribution in [0.1, 0.15) is 18.5 Å². The molecule has 2 aliphatic rings. The number of ether oxygens (including phenoxy) is 1. The van der Waals surface area contributed by atoms with E-state index in [0.717, 1.165) is 31.6 Å². The second kappa shape index (κ2) is 7.50. The topological polar surface area (TPSA) is 67.6 Å². The lowest BCUT2D eigenvalue weighted by Crippen LogP contribution is -2.48. The van der Waals surface area contributed by atoms with Crippen molar-refractivity contribution in [1.29, 1.82) is 0 Å². The van der Waals surface area contributed by atoms with Gasteiger partial charge in [0.2, 0.25) is 5.95 Å². The molecule has 1 saturated carbocycles. The summed E-state index contributed by atoms with van der Waals surface area (Å²) in [5.41, 5.74) is 1.04. The largest absolute Gasteiger partial charge is 0.457 e. The summed E-state index contributed by atoms with van der Waals surface area (Å²) in [6.07, 6.45) is -4.86. The molecule has 3 unspecified atom stereocenters. The van der Waals surface area contributed by atoms with Gasteiger partial charge in [0.05, 0.1) is 5.69 Å². The van der Waals surface area contributed by atoms with Crippen LogP contribution in [-0.2, 0) is 0 Å². The number of alkyl halides is 4. The standard InChI is InChI=1S/C19H20F4N6OS/c1-10-7-14(31-27-10)28-8-11-4-5-12(9-28)15(11)24-18-25-16-13(3-2-6-29(16)26-18)30-17(20)19(21,22)23/h2-3,6-7,11-12,15,17H,4-5,8-9H2,1H3,(H,24,26). The summed E-state index contributed by atoms with van der Waals surface area (Å²) in [5, 5.41) is 8.84. The molecule has 0 spiro atoms. The maximum atomic E-state index is 13.4. The van der Waals surface area contributed by atoms with Gasteiger partial charge in [0.1, 0.15) is 5.00 Å². The Morgan fingerprint density at radius 1 is 1.26 bits per heavy atom. The molecule has 2 bridgehead atoms. The highest BCUT2D eigenvalue weighted by Crippen LogP contribution is 2.41. The Hall–Kier alpha value is -2.63. The van der Waals surface area contributed by atoms with Gasteiger partial charge in [-0.15, -0.1) is 5.10 Å². The van der Waals surface area contributed by atoms with Gasteiger partial charge in [0.15, 0.2) is 11.4 Å². The fraction of sp³-hybridized carbons (Fsp3) is 0.526. The quantitative estimate of drug-likeness (QED) is 0.584. The van der Waals surface area contributed by atoms with Crippen molar-refractivity contribution in [2.75, 3.05) is 23.3 Å². The van der Waals surface area contributed by atoms with E-state index in [-0.39, 0.29) is 17.4 Å². The summed E-state index contributed by atoms with van der Waals surface area (Å²) in [4.78, 5) is 6.65. The highest BCUT2D eigenvalue weighted by molar-refractivity contribution is 7.10. The van der Waals surface area contributed by atoms with Crippen LogP contribution in [-0.4, -0.2) is 50.6 Å². The van der Waals surface area contributed by atoms with Gasteiger partial charge < -0.3 is 15.0 Å². The average Bonchev–Trinajstić information content (AvgIpc) is 3.38. The molecule has 1 aliphatic carbocycles. The Bertz CT molecular complexity index is 1070. The number of fused-ring (bicyclic) bond motifs is 3. The summed E-state index contributed by atoms with van der Waals surface area (Å²) in [6.45, 7) is 3.77. The number of pyridine rings is 1. The Morgan fingerprint density at radius 3 is 2.65 bits per heavy atom. The highest BCUT2D eigenvalue weighted by Gasteiger charge is 2.44. The van der Waals surface area contributed by atoms with Gasteiger partial charge in [-0.25, -0.2) is 4.52 Å². The van der Waals surface area contributed by atoms with Crippen molar-refractivity contribution in [2.24, 2.45) is 11.8 Å². The Kier molecular flexibility index (Phi) is 4.91. The first-order valence-electron chi connectivity index (χ1n) is 9.95. The monoisotopic (exact) mass is 456 g/mol. The number of nitrogens with one attached hydrogen (secondary N) is 1. The molecule has 1 saturated heterocycles. The maximum Gasteiger partial charge on any atom is 0.457 e. The summed E-state index contributed by atoms with van der Waals surface area (Å²) >= 11 is 1.51. The molecule has 4 heterocycles. The molecule has 12 heteroatoms. The molecule has 2 fully saturated rings. The van der Waals surface area contributed by atoms with Gasteiger partial charge in [0.25, 0.3) is 0 Å². The molecule has 5 rings (SSSR count). The second-order valence-corrected chi connectivity index (χ2v) is 8.81. The molecule has 166 valence electrons. The first kappa shape index (κ1) is 20.3. The molecule has 31 heavy (non-hydrogen) atoms. The molecular weight excluding hydrogens is 436 g/mol. The third-order valence-corrected chi connectivity index (χ3v) is 6.81. The molecular formula is C19H20F4N6OS. The number of hydrogen-bond donors (Lipinski definition) is 1. The second-order valence-electron chi connectivity index (χ2n) is 8.03. The highest BCUT2D eigenvalue weighted by atomic mass is 32.1. The molecule has 7 nitrogen and oxygen atoms in total. The molecule has 3 atom stereocenters. The van der Waals surface area contributed by atoms with Crippen LogP contribution in [0.5, 0.6) is 5.75 Å². The van der Waals surface area contributed by atoms with E-state index in [1.54, 1.807) is 0 Å². The van der Waals surface area contributed by atoms with Gasteiger partial charge in [-0.05, 0) is 61.3 Å². The van der Waals surface area contributed by atoms with Crippen molar-refractivity contribution in [3.05, 3.63) is 30.1 Å². The summed E-state index contributed by atoms with van der Waals surface area (Å²) < 4.78 is 61.1. The van der Waals surface area contributed by atoms with Crippen LogP contribution in [0.25, 0.3) is 5.65 Å². The number of halogens is 4. The fourth-order valence-electron chi connectivity index (χ4n) is 4.50. The minimum absolute atomic E-state index is 0.0295. The molecule has 0 radical (unpaired) electrons. The number of piperidine rings is 1. The Balaban J connectivity index is 1.33. The van der Waals surface area contributed by atoms with Crippen LogP contribution in [0.4, 0.5) is 28.5 Å². The van der Waals surface area contributed by atoms with Crippen LogP contribution in [0.15, 0.2) is 24.4 Å².